The van der Waals surface area contributed by atoms with E-state index < -0.39 is 20.6 Å². The highest BCUT2D eigenvalue weighted by molar-refractivity contribution is 7.92. The van der Waals surface area contributed by atoms with E-state index in [2.05, 4.69) is 6.07 Å². The first-order chi connectivity index (χ1) is 7.98. The van der Waals surface area contributed by atoms with Gasteiger partial charge in [-0.05, 0) is 56.9 Å². The van der Waals surface area contributed by atoms with Crippen molar-refractivity contribution in [3.8, 4) is 0 Å². The molecule has 0 bridgehead atoms. The molecule has 2 N–H and O–H groups in total. The Morgan fingerprint density at radius 1 is 1.06 bits per heavy atom. The van der Waals surface area contributed by atoms with Crippen molar-refractivity contribution in [3.05, 3.63) is 34.4 Å². The van der Waals surface area contributed by atoms with Crippen molar-refractivity contribution in [2.45, 2.75) is 45.4 Å². The number of benzene rings is 1. The summed E-state index contributed by atoms with van der Waals surface area (Å²) in [6, 6.07) is 3.54. The molecule has 0 saturated heterocycles. The normalized spacial score (nSPS) is 14.6. The highest BCUT2D eigenvalue weighted by Gasteiger charge is 2.38. The van der Waals surface area contributed by atoms with Crippen LogP contribution in [0.1, 0.15) is 42.1 Å². The van der Waals surface area contributed by atoms with Crippen molar-refractivity contribution in [3.63, 3.8) is 0 Å². The molecule has 1 aromatic carbocycles. The molecule has 0 aromatic heterocycles. The van der Waals surface area contributed by atoms with Gasteiger partial charge in [0.15, 0.2) is 9.84 Å². The third kappa shape index (κ3) is 2.59. The van der Waals surface area contributed by atoms with Crippen LogP contribution in [0, 0.1) is 20.8 Å². The third-order valence-electron chi connectivity index (χ3n) is 3.92. The molecule has 0 heterocycles. The maximum absolute atomic E-state index is 11.9. The molecule has 0 aliphatic carbocycles. The molecule has 102 valence electrons. The van der Waals surface area contributed by atoms with Crippen LogP contribution < -0.4 is 5.73 Å². The van der Waals surface area contributed by atoms with Crippen molar-refractivity contribution >= 4 is 9.84 Å². The quantitative estimate of drug-likeness (QED) is 0.916. The zero-order valence-electron chi connectivity index (χ0n) is 12.0. The van der Waals surface area contributed by atoms with Crippen molar-refractivity contribution in [2.75, 3.05) is 6.26 Å². The average molecular weight is 269 g/mol. The second kappa shape index (κ2) is 4.67. The lowest BCUT2D eigenvalue weighted by Gasteiger charge is -2.31. The third-order valence-corrected chi connectivity index (χ3v) is 6.09. The van der Waals surface area contributed by atoms with Gasteiger partial charge in [0.1, 0.15) is 0 Å². The summed E-state index contributed by atoms with van der Waals surface area (Å²) in [4.78, 5) is 0. The van der Waals surface area contributed by atoms with Crippen LogP contribution in [0.3, 0.4) is 0 Å². The van der Waals surface area contributed by atoms with Gasteiger partial charge < -0.3 is 5.73 Å². The van der Waals surface area contributed by atoms with Gasteiger partial charge in [-0.3, -0.25) is 0 Å². The smallest absolute Gasteiger partial charge is 0.154 e. The number of hydrogen-bond donors (Lipinski definition) is 1. The van der Waals surface area contributed by atoms with Crippen molar-refractivity contribution in [1.82, 2.24) is 0 Å². The fraction of sp³-hybridized carbons (Fsp3) is 0.571. The minimum Gasteiger partial charge on any atom is -0.323 e. The summed E-state index contributed by atoms with van der Waals surface area (Å²) in [6.45, 7) is 9.39. The Labute approximate surface area is 110 Å². The molecule has 0 saturated carbocycles. The Balaban J connectivity index is 3.36. The van der Waals surface area contributed by atoms with Crippen molar-refractivity contribution in [2.24, 2.45) is 5.73 Å². The van der Waals surface area contributed by atoms with E-state index in [9.17, 15) is 8.42 Å². The maximum Gasteiger partial charge on any atom is 0.154 e. The summed E-state index contributed by atoms with van der Waals surface area (Å²) >= 11 is 0. The summed E-state index contributed by atoms with van der Waals surface area (Å²) in [7, 11) is -3.21. The molecule has 0 fully saturated rings. The van der Waals surface area contributed by atoms with Gasteiger partial charge in [0.2, 0.25) is 0 Å². The molecule has 1 rings (SSSR count). The lowest BCUT2D eigenvalue weighted by Crippen LogP contribution is -2.42. The van der Waals surface area contributed by atoms with Gasteiger partial charge in [-0.25, -0.2) is 8.42 Å². The van der Waals surface area contributed by atoms with Gasteiger partial charge in [0.25, 0.3) is 0 Å². The Bertz CT molecular complexity index is 559. The first kappa shape index (κ1) is 15.2. The number of hydrogen-bond acceptors (Lipinski definition) is 3. The number of nitrogens with two attached hydrogens (primary N) is 1. The Hall–Kier alpha value is -0.870. The minimum atomic E-state index is -3.21. The molecule has 4 heteroatoms. The van der Waals surface area contributed by atoms with Gasteiger partial charge in [0.05, 0.1) is 4.75 Å². The van der Waals surface area contributed by atoms with E-state index in [1.54, 1.807) is 13.8 Å². The Kier molecular flexibility index (Phi) is 3.94. The van der Waals surface area contributed by atoms with E-state index in [1.807, 2.05) is 26.8 Å². The van der Waals surface area contributed by atoms with Crippen LogP contribution in [0.4, 0.5) is 0 Å². The lowest BCUT2D eigenvalue weighted by molar-refractivity contribution is 0.495. The Morgan fingerprint density at radius 2 is 1.50 bits per heavy atom. The van der Waals surface area contributed by atoms with Crippen molar-refractivity contribution < 1.29 is 8.42 Å². The number of sulfone groups is 1. The van der Waals surface area contributed by atoms with Crippen LogP contribution >= 0.6 is 0 Å². The summed E-state index contributed by atoms with van der Waals surface area (Å²) in [6.07, 6.45) is 1.24. The van der Waals surface area contributed by atoms with E-state index in [4.69, 9.17) is 5.73 Å². The highest BCUT2D eigenvalue weighted by atomic mass is 32.2. The molecule has 18 heavy (non-hydrogen) atoms. The zero-order valence-corrected chi connectivity index (χ0v) is 12.9. The highest BCUT2D eigenvalue weighted by Crippen LogP contribution is 2.32. The molecule has 1 unspecified atom stereocenters. The van der Waals surface area contributed by atoms with Crippen LogP contribution in [-0.2, 0) is 9.84 Å². The van der Waals surface area contributed by atoms with Gasteiger partial charge in [-0.2, -0.15) is 0 Å². The summed E-state index contributed by atoms with van der Waals surface area (Å²) in [5, 5.41) is 0. The second-order valence-corrected chi connectivity index (χ2v) is 8.24. The summed E-state index contributed by atoms with van der Waals surface area (Å²) < 4.78 is 22.7. The SMILES string of the molecule is Cc1cc(C)c(C(N)C(C)(C)S(C)(=O)=O)cc1C. The first-order valence-corrected chi connectivity index (χ1v) is 7.90. The summed E-state index contributed by atoms with van der Waals surface area (Å²) in [5.41, 5.74) is 10.5. The van der Waals surface area contributed by atoms with E-state index in [0.717, 1.165) is 16.7 Å². The van der Waals surface area contributed by atoms with Crippen LogP contribution in [-0.4, -0.2) is 19.4 Å². The van der Waals surface area contributed by atoms with Crippen LogP contribution in [0.25, 0.3) is 0 Å². The molecule has 0 aliphatic rings. The number of aryl methyl sites for hydroxylation is 3. The van der Waals surface area contributed by atoms with E-state index in [-0.39, 0.29) is 0 Å². The van der Waals surface area contributed by atoms with Crippen LogP contribution in [0.15, 0.2) is 12.1 Å². The standard InChI is InChI=1S/C14H23NO2S/c1-9-7-11(3)12(8-10(9)2)13(15)14(4,5)18(6,16)17/h7-8,13H,15H2,1-6H3. The van der Waals surface area contributed by atoms with Crippen molar-refractivity contribution in [1.29, 1.82) is 0 Å². The lowest BCUT2D eigenvalue weighted by atomic mass is 9.90. The molecule has 3 nitrogen and oxygen atoms in total. The molecule has 0 spiro atoms. The van der Waals surface area contributed by atoms with E-state index in [1.165, 1.54) is 11.8 Å². The largest absolute Gasteiger partial charge is 0.323 e. The monoisotopic (exact) mass is 269 g/mol. The van der Waals surface area contributed by atoms with E-state index in [0.29, 0.717) is 0 Å². The predicted octanol–water partition coefficient (Wildman–Crippen LogP) is 2.43. The van der Waals surface area contributed by atoms with Gasteiger partial charge in [-0.1, -0.05) is 12.1 Å². The zero-order chi connectivity index (χ0) is 14.3. The second-order valence-electron chi connectivity index (χ2n) is 5.65. The fourth-order valence-electron chi connectivity index (χ4n) is 1.92. The maximum atomic E-state index is 11.9. The molecule has 0 amide bonds. The van der Waals surface area contributed by atoms with Gasteiger partial charge in [-0.15, -0.1) is 0 Å². The van der Waals surface area contributed by atoms with E-state index >= 15 is 0 Å². The molecule has 1 atom stereocenters. The number of rotatable bonds is 3. The Morgan fingerprint density at radius 3 is 1.94 bits per heavy atom. The molecule has 1 aromatic rings. The molecule has 0 aliphatic heterocycles. The van der Waals surface area contributed by atoms with Crippen LogP contribution in [0.2, 0.25) is 0 Å². The van der Waals surface area contributed by atoms with Gasteiger partial charge >= 0.3 is 0 Å². The molecular formula is C14H23NO2S. The topological polar surface area (TPSA) is 60.2 Å². The summed E-state index contributed by atoms with van der Waals surface area (Å²) in [5.74, 6) is 0. The molecular weight excluding hydrogens is 246 g/mol. The van der Waals surface area contributed by atoms with Crippen LogP contribution in [0.5, 0.6) is 0 Å². The molecule has 0 radical (unpaired) electrons. The predicted molar refractivity (Wildman–Crippen MR) is 76.5 cm³/mol. The fourth-order valence-corrected chi connectivity index (χ4v) is 2.51. The average Bonchev–Trinajstić information content (AvgIpc) is 2.20. The minimum absolute atomic E-state index is 0.521. The first-order valence-electron chi connectivity index (χ1n) is 6.01. The van der Waals surface area contributed by atoms with Gasteiger partial charge in [0, 0.05) is 12.3 Å².